The predicted octanol–water partition coefficient (Wildman–Crippen LogP) is 0.735. The van der Waals surface area contributed by atoms with Crippen LogP contribution in [0.2, 0.25) is 0 Å². The topological polar surface area (TPSA) is 83.5 Å². The Labute approximate surface area is 90.2 Å². The number of carboxylic acids is 1. The van der Waals surface area contributed by atoms with Gasteiger partial charge in [0.15, 0.2) is 0 Å². The number of carbonyl (C=O) groups is 1. The number of sulfonamides is 1. The summed E-state index contributed by atoms with van der Waals surface area (Å²) in [5, 5.41) is 9.00. The number of hydrogen-bond acceptors (Lipinski definition) is 3. The molecule has 6 heteroatoms. The van der Waals surface area contributed by atoms with Gasteiger partial charge in [-0.1, -0.05) is 19.9 Å². The molecule has 0 aromatic heterocycles. The van der Waals surface area contributed by atoms with Crippen molar-refractivity contribution in [1.82, 2.24) is 4.72 Å². The number of carboxylic acid groups (broad SMARTS) is 1. The molecule has 0 heterocycles. The molecule has 0 unspecified atom stereocenters. The lowest BCUT2D eigenvalue weighted by Crippen LogP contribution is -2.54. The summed E-state index contributed by atoms with van der Waals surface area (Å²) in [6, 6.07) is 0. The van der Waals surface area contributed by atoms with Crippen LogP contribution in [0.25, 0.3) is 0 Å². The highest BCUT2D eigenvalue weighted by molar-refractivity contribution is 7.89. The molecule has 0 aliphatic heterocycles. The lowest BCUT2D eigenvalue weighted by Gasteiger charge is -2.27. The Morgan fingerprint density at radius 3 is 2.20 bits per heavy atom. The molecule has 2 N–H and O–H groups in total. The minimum Gasteiger partial charge on any atom is -0.480 e. The molecule has 0 amide bonds. The first-order chi connectivity index (χ1) is 6.83. The lowest BCUT2D eigenvalue weighted by molar-refractivity contribution is -0.144. The fraction of sp³-hybridized carbons (Fsp3) is 0.667. The second-order valence-electron chi connectivity index (χ2n) is 3.27. The maximum atomic E-state index is 11.4. The van der Waals surface area contributed by atoms with E-state index >= 15 is 0 Å². The lowest BCUT2D eigenvalue weighted by atomic mass is 9.95. The molecular weight excluding hydrogens is 218 g/mol. The zero-order valence-electron chi connectivity index (χ0n) is 8.99. The van der Waals surface area contributed by atoms with Crippen LogP contribution in [0.15, 0.2) is 12.7 Å². The number of rotatable bonds is 7. The highest BCUT2D eigenvalue weighted by atomic mass is 32.2. The standard InChI is InChI=1S/C9H17NO4S/c1-4-7-15(13,14)10-9(5-2,6-3)8(11)12/h4,10H,1,5-7H2,2-3H3,(H,11,12). The SMILES string of the molecule is C=CCS(=O)(=O)NC(CC)(CC)C(=O)O. The van der Waals surface area contributed by atoms with Gasteiger partial charge in [0.2, 0.25) is 10.0 Å². The molecule has 0 spiro atoms. The van der Waals surface area contributed by atoms with Crippen LogP contribution in [-0.4, -0.2) is 30.8 Å². The molecule has 0 radical (unpaired) electrons. The van der Waals surface area contributed by atoms with Crippen LogP contribution in [0.3, 0.4) is 0 Å². The Kier molecular flexibility index (Phi) is 4.96. The van der Waals surface area contributed by atoms with Gasteiger partial charge in [-0.05, 0) is 12.8 Å². The summed E-state index contributed by atoms with van der Waals surface area (Å²) in [4.78, 5) is 11.0. The van der Waals surface area contributed by atoms with Gasteiger partial charge < -0.3 is 5.11 Å². The Hall–Kier alpha value is -0.880. The fourth-order valence-corrected chi connectivity index (χ4v) is 2.60. The molecular formula is C9H17NO4S. The number of nitrogens with one attached hydrogen (secondary N) is 1. The van der Waals surface area contributed by atoms with E-state index in [-0.39, 0.29) is 18.6 Å². The van der Waals surface area contributed by atoms with Crippen molar-refractivity contribution in [3.63, 3.8) is 0 Å². The molecule has 0 aromatic carbocycles. The molecule has 5 nitrogen and oxygen atoms in total. The summed E-state index contributed by atoms with van der Waals surface area (Å²) >= 11 is 0. The molecule has 0 saturated heterocycles. The van der Waals surface area contributed by atoms with Crippen LogP contribution < -0.4 is 4.72 Å². The third kappa shape index (κ3) is 3.64. The third-order valence-corrected chi connectivity index (χ3v) is 3.68. The number of hydrogen-bond donors (Lipinski definition) is 2. The van der Waals surface area contributed by atoms with E-state index in [1.807, 2.05) is 0 Å². The highest BCUT2D eigenvalue weighted by Crippen LogP contribution is 2.16. The zero-order valence-corrected chi connectivity index (χ0v) is 9.80. The minimum absolute atomic E-state index is 0.204. The van der Waals surface area contributed by atoms with E-state index in [0.717, 1.165) is 0 Å². The summed E-state index contributed by atoms with van der Waals surface area (Å²) in [5.74, 6) is -1.43. The van der Waals surface area contributed by atoms with E-state index in [9.17, 15) is 13.2 Å². The molecule has 88 valence electrons. The highest BCUT2D eigenvalue weighted by Gasteiger charge is 2.38. The van der Waals surface area contributed by atoms with Crippen LogP contribution in [0.1, 0.15) is 26.7 Å². The first-order valence-corrected chi connectivity index (χ1v) is 6.34. The molecule has 0 aromatic rings. The summed E-state index contributed by atoms with van der Waals surface area (Å²) in [5.41, 5.74) is -1.40. The largest absolute Gasteiger partial charge is 0.480 e. The van der Waals surface area contributed by atoms with Crippen molar-refractivity contribution in [3.8, 4) is 0 Å². The van der Waals surface area contributed by atoms with Crippen molar-refractivity contribution in [3.05, 3.63) is 12.7 Å². The third-order valence-electron chi connectivity index (χ3n) is 2.30. The normalized spacial score (nSPS) is 12.4. The van der Waals surface area contributed by atoms with E-state index in [1.165, 1.54) is 6.08 Å². The van der Waals surface area contributed by atoms with Gasteiger partial charge in [0.05, 0.1) is 5.75 Å². The van der Waals surface area contributed by atoms with Crippen molar-refractivity contribution in [2.24, 2.45) is 0 Å². The van der Waals surface area contributed by atoms with Crippen LogP contribution >= 0.6 is 0 Å². The molecule has 15 heavy (non-hydrogen) atoms. The van der Waals surface area contributed by atoms with E-state index < -0.39 is 21.5 Å². The van der Waals surface area contributed by atoms with Crippen molar-refractivity contribution in [2.45, 2.75) is 32.2 Å². The van der Waals surface area contributed by atoms with Gasteiger partial charge in [-0.3, -0.25) is 4.79 Å². The Balaban J connectivity index is 4.99. The van der Waals surface area contributed by atoms with E-state index in [0.29, 0.717) is 0 Å². The summed E-state index contributed by atoms with van der Waals surface area (Å²) < 4.78 is 25.1. The predicted molar refractivity (Wildman–Crippen MR) is 58.1 cm³/mol. The Morgan fingerprint density at radius 1 is 1.47 bits per heavy atom. The molecule has 0 atom stereocenters. The van der Waals surface area contributed by atoms with Crippen LogP contribution in [-0.2, 0) is 14.8 Å². The smallest absolute Gasteiger partial charge is 0.324 e. The second kappa shape index (κ2) is 5.27. The maximum Gasteiger partial charge on any atom is 0.324 e. The van der Waals surface area contributed by atoms with E-state index in [1.54, 1.807) is 13.8 Å². The van der Waals surface area contributed by atoms with Gasteiger partial charge >= 0.3 is 5.97 Å². The van der Waals surface area contributed by atoms with Crippen molar-refractivity contribution in [2.75, 3.05) is 5.75 Å². The molecule has 0 fully saturated rings. The van der Waals surface area contributed by atoms with Gasteiger partial charge in [-0.2, -0.15) is 4.72 Å². The van der Waals surface area contributed by atoms with Crippen LogP contribution in [0.4, 0.5) is 0 Å². The molecule has 0 saturated carbocycles. The van der Waals surface area contributed by atoms with Gasteiger partial charge in [-0.15, -0.1) is 6.58 Å². The van der Waals surface area contributed by atoms with Gasteiger partial charge in [0.1, 0.15) is 5.54 Å². The molecule has 0 rings (SSSR count). The first-order valence-electron chi connectivity index (χ1n) is 4.69. The minimum atomic E-state index is -3.61. The van der Waals surface area contributed by atoms with Crippen LogP contribution in [0.5, 0.6) is 0 Å². The molecule has 0 bridgehead atoms. The van der Waals surface area contributed by atoms with Crippen molar-refractivity contribution < 1.29 is 18.3 Å². The maximum absolute atomic E-state index is 11.4. The van der Waals surface area contributed by atoms with Crippen molar-refractivity contribution in [1.29, 1.82) is 0 Å². The van der Waals surface area contributed by atoms with Crippen molar-refractivity contribution >= 4 is 16.0 Å². The fourth-order valence-electron chi connectivity index (χ4n) is 1.23. The number of aliphatic carboxylic acids is 1. The van der Waals surface area contributed by atoms with Gasteiger partial charge in [0.25, 0.3) is 0 Å². The molecule has 0 aliphatic carbocycles. The van der Waals surface area contributed by atoms with E-state index in [2.05, 4.69) is 11.3 Å². The van der Waals surface area contributed by atoms with E-state index in [4.69, 9.17) is 5.11 Å². The first kappa shape index (κ1) is 14.1. The van der Waals surface area contributed by atoms with Gasteiger partial charge in [0, 0.05) is 0 Å². The Morgan fingerprint density at radius 2 is 1.93 bits per heavy atom. The quantitative estimate of drug-likeness (QED) is 0.637. The Bertz CT molecular complexity index is 330. The second-order valence-corrected chi connectivity index (χ2v) is 5.03. The zero-order chi connectivity index (χ0) is 12.1. The summed E-state index contributed by atoms with van der Waals surface area (Å²) in [7, 11) is -3.61. The molecule has 0 aliphatic rings. The summed E-state index contributed by atoms with van der Waals surface area (Å²) in [6.45, 7) is 6.57. The average molecular weight is 235 g/mol. The monoisotopic (exact) mass is 235 g/mol. The summed E-state index contributed by atoms with van der Waals surface area (Å²) in [6.07, 6.45) is 1.63. The average Bonchev–Trinajstić information content (AvgIpc) is 2.13. The van der Waals surface area contributed by atoms with Gasteiger partial charge in [-0.25, -0.2) is 8.42 Å². The van der Waals surface area contributed by atoms with Crippen LogP contribution in [0, 0.1) is 0 Å².